The second-order valence-corrected chi connectivity index (χ2v) is 3.43. The molecule has 1 aromatic rings. The summed E-state index contributed by atoms with van der Waals surface area (Å²) in [6.07, 6.45) is 0. The highest BCUT2D eigenvalue weighted by atomic mass is 16.1. The van der Waals surface area contributed by atoms with Gasteiger partial charge in [-0.25, -0.2) is 0 Å². The first-order valence-corrected chi connectivity index (χ1v) is 4.30. The van der Waals surface area contributed by atoms with Gasteiger partial charge >= 0.3 is 0 Å². The molecule has 0 aliphatic carbocycles. The first-order valence-electron chi connectivity index (χ1n) is 4.30. The van der Waals surface area contributed by atoms with Gasteiger partial charge in [-0.3, -0.25) is 4.79 Å². The summed E-state index contributed by atoms with van der Waals surface area (Å²) in [5, 5.41) is 0. The van der Waals surface area contributed by atoms with Crippen LogP contribution < -0.4 is 0 Å². The van der Waals surface area contributed by atoms with Gasteiger partial charge in [0, 0.05) is 5.56 Å². The monoisotopic (exact) mass is 174 g/mol. The number of benzene rings is 1. The fraction of sp³-hybridized carbons (Fsp3) is 0.250. The Morgan fingerprint density at radius 3 is 2.38 bits per heavy atom. The Bertz CT molecular complexity index is 361. The van der Waals surface area contributed by atoms with Gasteiger partial charge in [0.05, 0.1) is 0 Å². The largest absolute Gasteiger partial charge is 0.289 e. The van der Waals surface area contributed by atoms with Gasteiger partial charge in [0.2, 0.25) is 0 Å². The van der Waals surface area contributed by atoms with Crippen LogP contribution in [0.15, 0.2) is 30.4 Å². The molecule has 1 nitrogen and oxygen atoms in total. The fourth-order valence-corrected chi connectivity index (χ4v) is 1.30. The summed E-state index contributed by atoms with van der Waals surface area (Å²) in [4.78, 5) is 11.6. The predicted molar refractivity (Wildman–Crippen MR) is 55.1 cm³/mol. The van der Waals surface area contributed by atoms with Gasteiger partial charge in [-0.15, -0.1) is 0 Å². The lowest BCUT2D eigenvalue weighted by Crippen LogP contribution is -2.02. The number of aryl methyl sites for hydroxylation is 2. The summed E-state index contributed by atoms with van der Waals surface area (Å²) < 4.78 is 0. The van der Waals surface area contributed by atoms with E-state index in [-0.39, 0.29) is 5.78 Å². The highest BCUT2D eigenvalue weighted by Gasteiger charge is 2.08. The number of carbonyl (C=O) groups excluding carboxylic acids is 1. The molecule has 0 unspecified atom stereocenters. The molecule has 0 saturated carbocycles. The van der Waals surface area contributed by atoms with E-state index in [4.69, 9.17) is 0 Å². The van der Waals surface area contributed by atoms with E-state index in [1.165, 1.54) is 5.56 Å². The van der Waals surface area contributed by atoms with Crippen molar-refractivity contribution < 1.29 is 4.79 Å². The van der Waals surface area contributed by atoms with Gasteiger partial charge in [-0.1, -0.05) is 30.3 Å². The number of ketones is 1. The minimum atomic E-state index is 0.0394. The number of hydrogen-bond acceptors (Lipinski definition) is 1. The quantitative estimate of drug-likeness (QED) is 0.497. The maximum absolute atomic E-state index is 11.6. The SMILES string of the molecule is C=C(C)C(=O)c1ccc(C)cc1C. The van der Waals surface area contributed by atoms with Crippen LogP contribution in [-0.4, -0.2) is 5.78 Å². The van der Waals surface area contributed by atoms with Gasteiger partial charge < -0.3 is 0 Å². The van der Waals surface area contributed by atoms with E-state index in [1.54, 1.807) is 6.92 Å². The number of carbonyl (C=O) groups is 1. The summed E-state index contributed by atoms with van der Waals surface area (Å²) in [7, 11) is 0. The van der Waals surface area contributed by atoms with Crippen LogP contribution in [0.5, 0.6) is 0 Å². The minimum Gasteiger partial charge on any atom is -0.289 e. The molecule has 68 valence electrons. The van der Waals surface area contributed by atoms with E-state index in [9.17, 15) is 4.79 Å². The summed E-state index contributed by atoms with van der Waals surface area (Å²) in [5.74, 6) is 0.0394. The topological polar surface area (TPSA) is 17.1 Å². The Labute approximate surface area is 79.1 Å². The van der Waals surface area contributed by atoms with Gasteiger partial charge in [-0.2, -0.15) is 0 Å². The third-order valence-electron chi connectivity index (χ3n) is 2.01. The molecule has 0 heterocycles. The Balaban J connectivity index is 3.16. The molecule has 0 bridgehead atoms. The molecule has 0 amide bonds. The lowest BCUT2D eigenvalue weighted by Gasteiger charge is -2.04. The molecule has 0 saturated heterocycles. The lowest BCUT2D eigenvalue weighted by atomic mass is 9.99. The third kappa shape index (κ3) is 2.05. The Kier molecular flexibility index (Phi) is 2.66. The van der Waals surface area contributed by atoms with Crippen LogP contribution >= 0.6 is 0 Å². The van der Waals surface area contributed by atoms with E-state index in [0.717, 1.165) is 11.1 Å². The van der Waals surface area contributed by atoms with Crippen molar-refractivity contribution in [1.29, 1.82) is 0 Å². The van der Waals surface area contributed by atoms with Gasteiger partial charge in [0.15, 0.2) is 5.78 Å². The van der Waals surface area contributed by atoms with Crippen molar-refractivity contribution in [2.75, 3.05) is 0 Å². The predicted octanol–water partition coefficient (Wildman–Crippen LogP) is 3.06. The number of allylic oxidation sites excluding steroid dienone is 1. The van der Waals surface area contributed by atoms with E-state index < -0.39 is 0 Å². The van der Waals surface area contributed by atoms with E-state index >= 15 is 0 Å². The van der Waals surface area contributed by atoms with Gasteiger partial charge in [-0.05, 0) is 31.9 Å². The van der Waals surface area contributed by atoms with E-state index in [0.29, 0.717) is 5.57 Å². The first kappa shape index (κ1) is 9.72. The van der Waals surface area contributed by atoms with Crippen molar-refractivity contribution >= 4 is 5.78 Å². The molecule has 1 heteroatoms. The van der Waals surface area contributed by atoms with Crippen LogP contribution in [0, 0.1) is 13.8 Å². The van der Waals surface area contributed by atoms with E-state index in [2.05, 4.69) is 6.58 Å². The van der Waals surface area contributed by atoms with Crippen LogP contribution in [0.1, 0.15) is 28.4 Å². The summed E-state index contributed by atoms with van der Waals surface area (Å²) in [6, 6.07) is 5.82. The van der Waals surface area contributed by atoms with Crippen molar-refractivity contribution in [3.05, 3.63) is 47.0 Å². The van der Waals surface area contributed by atoms with Crippen LogP contribution in [0.2, 0.25) is 0 Å². The van der Waals surface area contributed by atoms with Crippen molar-refractivity contribution in [2.24, 2.45) is 0 Å². The standard InChI is InChI=1S/C12H14O/c1-8(2)12(13)11-6-5-9(3)7-10(11)4/h5-7H,1H2,2-4H3. The number of Topliss-reactive ketones (excluding diaryl/α,β-unsaturated/α-hetero) is 1. The zero-order chi connectivity index (χ0) is 10.0. The van der Waals surface area contributed by atoms with Crippen molar-refractivity contribution in [3.63, 3.8) is 0 Å². The molecule has 0 spiro atoms. The smallest absolute Gasteiger partial charge is 0.188 e. The molecular formula is C12H14O. The average Bonchev–Trinajstić information content (AvgIpc) is 2.03. The van der Waals surface area contributed by atoms with Crippen molar-refractivity contribution in [1.82, 2.24) is 0 Å². The highest BCUT2D eigenvalue weighted by molar-refractivity contribution is 6.08. The highest BCUT2D eigenvalue weighted by Crippen LogP contribution is 2.13. The van der Waals surface area contributed by atoms with E-state index in [1.807, 2.05) is 32.0 Å². The zero-order valence-corrected chi connectivity index (χ0v) is 8.35. The molecule has 0 radical (unpaired) electrons. The normalized spacial score (nSPS) is 9.77. The molecule has 0 aromatic heterocycles. The van der Waals surface area contributed by atoms with Crippen LogP contribution in [0.4, 0.5) is 0 Å². The summed E-state index contributed by atoms with van der Waals surface area (Å²) in [5.41, 5.74) is 3.55. The van der Waals surface area contributed by atoms with Crippen LogP contribution in [0.25, 0.3) is 0 Å². The lowest BCUT2D eigenvalue weighted by molar-refractivity contribution is 0.103. The number of rotatable bonds is 2. The van der Waals surface area contributed by atoms with Gasteiger partial charge in [0.25, 0.3) is 0 Å². The molecule has 0 N–H and O–H groups in total. The second kappa shape index (κ2) is 3.56. The fourth-order valence-electron chi connectivity index (χ4n) is 1.30. The molecular weight excluding hydrogens is 160 g/mol. The average molecular weight is 174 g/mol. The maximum Gasteiger partial charge on any atom is 0.188 e. The van der Waals surface area contributed by atoms with Gasteiger partial charge in [0.1, 0.15) is 0 Å². The molecule has 0 aliphatic heterocycles. The van der Waals surface area contributed by atoms with Crippen molar-refractivity contribution in [2.45, 2.75) is 20.8 Å². The molecule has 1 aromatic carbocycles. The Morgan fingerprint density at radius 2 is 1.92 bits per heavy atom. The van der Waals surface area contributed by atoms with Crippen LogP contribution in [0.3, 0.4) is 0 Å². The first-order chi connectivity index (χ1) is 6.02. The summed E-state index contributed by atoms with van der Waals surface area (Å²) in [6.45, 7) is 9.35. The Morgan fingerprint density at radius 1 is 1.31 bits per heavy atom. The molecule has 0 fully saturated rings. The third-order valence-corrected chi connectivity index (χ3v) is 2.01. The molecule has 0 atom stereocenters. The minimum absolute atomic E-state index is 0.0394. The van der Waals surface area contributed by atoms with Crippen LogP contribution in [-0.2, 0) is 0 Å². The van der Waals surface area contributed by atoms with Crippen molar-refractivity contribution in [3.8, 4) is 0 Å². The number of hydrogen-bond donors (Lipinski definition) is 0. The Hall–Kier alpha value is -1.37. The second-order valence-electron chi connectivity index (χ2n) is 3.43. The maximum atomic E-state index is 11.6. The summed E-state index contributed by atoms with van der Waals surface area (Å²) >= 11 is 0. The molecule has 0 aliphatic rings. The molecule has 13 heavy (non-hydrogen) atoms. The molecule has 1 rings (SSSR count). The zero-order valence-electron chi connectivity index (χ0n) is 8.35.